The molecule has 0 aliphatic carbocycles. The summed E-state index contributed by atoms with van der Waals surface area (Å²) in [6.45, 7) is 0. The summed E-state index contributed by atoms with van der Waals surface area (Å²) in [5.41, 5.74) is 3.44. The van der Waals surface area contributed by atoms with Gasteiger partial charge in [0.05, 0.1) is 7.11 Å². The summed E-state index contributed by atoms with van der Waals surface area (Å²) in [4.78, 5) is 16.8. The minimum atomic E-state index is -0.201. The van der Waals surface area contributed by atoms with E-state index in [9.17, 15) is 4.79 Å². The molecule has 1 N–H and O–H groups in total. The second kappa shape index (κ2) is 7.13. The monoisotopic (exact) mass is 378 g/mol. The number of fused-ring (bicyclic) bond motifs is 1. The van der Waals surface area contributed by atoms with Gasteiger partial charge in [-0.25, -0.2) is 4.98 Å². The fourth-order valence-electron chi connectivity index (χ4n) is 2.66. The molecule has 3 aromatic carbocycles. The maximum Gasteiger partial charge on any atom is 0.255 e. The molecule has 1 aromatic heterocycles. The van der Waals surface area contributed by atoms with E-state index in [-0.39, 0.29) is 5.91 Å². The van der Waals surface area contributed by atoms with Crippen molar-refractivity contribution in [3.63, 3.8) is 0 Å². The van der Waals surface area contributed by atoms with Crippen LogP contribution in [0.15, 0.2) is 71.1 Å². The molecule has 0 saturated carbocycles. The smallest absolute Gasteiger partial charge is 0.255 e. The first kappa shape index (κ1) is 17.1. The highest BCUT2D eigenvalue weighted by molar-refractivity contribution is 6.30. The minimum absolute atomic E-state index is 0.201. The molecule has 27 heavy (non-hydrogen) atoms. The first-order valence-electron chi connectivity index (χ1n) is 8.24. The zero-order valence-corrected chi connectivity index (χ0v) is 15.2. The van der Waals surface area contributed by atoms with Crippen molar-refractivity contribution in [1.82, 2.24) is 4.98 Å². The number of benzene rings is 3. The second-order valence-corrected chi connectivity index (χ2v) is 6.33. The van der Waals surface area contributed by atoms with Gasteiger partial charge in [0, 0.05) is 27.9 Å². The predicted octanol–water partition coefficient (Wildman–Crippen LogP) is 5.41. The molecule has 1 heterocycles. The first-order valence-corrected chi connectivity index (χ1v) is 8.62. The van der Waals surface area contributed by atoms with E-state index in [2.05, 4.69) is 10.3 Å². The van der Waals surface area contributed by atoms with Crippen LogP contribution < -0.4 is 10.1 Å². The van der Waals surface area contributed by atoms with Gasteiger partial charge >= 0.3 is 0 Å². The highest BCUT2D eigenvalue weighted by atomic mass is 35.5. The number of halogens is 1. The molecule has 6 heteroatoms. The molecule has 0 saturated heterocycles. The molecule has 4 rings (SSSR count). The Morgan fingerprint density at radius 3 is 2.48 bits per heavy atom. The Bertz CT molecular complexity index is 1100. The Balaban J connectivity index is 1.53. The number of hydrogen-bond acceptors (Lipinski definition) is 4. The number of ether oxygens (including phenoxy) is 1. The molecule has 0 radical (unpaired) electrons. The highest BCUT2D eigenvalue weighted by Gasteiger charge is 2.10. The summed E-state index contributed by atoms with van der Waals surface area (Å²) >= 11 is 5.84. The largest absolute Gasteiger partial charge is 0.497 e. The zero-order valence-electron chi connectivity index (χ0n) is 14.4. The molecule has 5 nitrogen and oxygen atoms in total. The zero-order chi connectivity index (χ0) is 18.8. The summed E-state index contributed by atoms with van der Waals surface area (Å²) in [6.07, 6.45) is 0. The number of carbonyl (C=O) groups is 1. The Hall–Kier alpha value is -3.31. The summed E-state index contributed by atoms with van der Waals surface area (Å²) in [6, 6.07) is 19.5. The normalized spacial score (nSPS) is 10.7. The lowest BCUT2D eigenvalue weighted by molar-refractivity contribution is 0.102. The van der Waals surface area contributed by atoms with Crippen molar-refractivity contribution in [3.05, 3.63) is 77.3 Å². The van der Waals surface area contributed by atoms with Gasteiger partial charge in [0.1, 0.15) is 11.3 Å². The molecule has 0 unspecified atom stereocenters. The number of hydrogen-bond donors (Lipinski definition) is 1. The number of carbonyl (C=O) groups excluding carboxylic acids is 1. The van der Waals surface area contributed by atoms with E-state index in [4.69, 9.17) is 20.8 Å². The molecule has 134 valence electrons. The van der Waals surface area contributed by atoms with Crippen LogP contribution in [-0.2, 0) is 0 Å². The van der Waals surface area contributed by atoms with Crippen LogP contribution in [0.2, 0.25) is 5.02 Å². The van der Waals surface area contributed by atoms with E-state index < -0.39 is 0 Å². The number of amides is 1. The fourth-order valence-corrected chi connectivity index (χ4v) is 2.78. The Morgan fingerprint density at radius 1 is 1.04 bits per heavy atom. The number of methoxy groups -OCH3 is 1. The van der Waals surface area contributed by atoms with Crippen molar-refractivity contribution in [1.29, 1.82) is 0 Å². The van der Waals surface area contributed by atoms with Crippen LogP contribution in [0.5, 0.6) is 5.75 Å². The topological polar surface area (TPSA) is 64.4 Å². The van der Waals surface area contributed by atoms with E-state index in [0.717, 1.165) is 16.8 Å². The quantitative estimate of drug-likeness (QED) is 0.515. The van der Waals surface area contributed by atoms with Crippen LogP contribution >= 0.6 is 11.6 Å². The molecule has 4 aromatic rings. The number of oxazole rings is 1. The first-order chi connectivity index (χ1) is 13.1. The van der Waals surface area contributed by atoms with Gasteiger partial charge in [-0.05, 0) is 60.7 Å². The van der Waals surface area contributed by atoms with E-state index in [1.807, 2.05) is 30.3 Å². The van der Waals surface area contributed by atoms with Gasteiger partial charge in [-0.1, -0.05) is 11.6 Å². The Kier molecular flexibility index (Phi) is 4.52. The van der Waals surface area contributed by atoms with Crippen LogP contribution in [0, 0.1) is 0 Å². The van der Waals surface area contributed by atoms with Gasteiger partial charge in [-0.2, -0.15) is 0 Å². The van der Waals surface area contributed by atoms with Gasteiger partial charge in [0.2, 0.25) is 5.89 Å². The number of anilines is 1. The van der Waals surface area contributed by atoms with Gasteiger partial charge in [0.15, 0.2) is 5.58 Å². The van der Waals surface area contributed by atoms with Crippen LogP contribution in [0.1, 0.15) is 10.4 Å². The average molecular weight is 379 g/mol. The third-order valence-corrected chi connectivity index (χ3v) is 4.34. The molecule has 0 spiro atoms. The maximum atomic E-state index is 12.3. The van der Waals surface area contributed by atoms with Crippen molar-refractivity contribution in [3.8, 4) is 17.2 Å². The Labute approximate surface area is 160 Å². The SMILES string of the molecule is COc1ccc2oc(-c3ccc(NC(=O)c4ccc(Cl)cc4)cc3)nc2c1. The van der Waals surface area contributed by atoms with Gasteiger partial charge in [0.25, 0.3) is 5.91 Å². The summed E-state index contributed by atoms with van der Waals surface area (Å²) < 4.78 is 11.0. The molecular weight excluding hydrogens is 364 g/mol. The number of aromatic nitrogens is 1. The minimum Gasteiger partial charge on any atom is -0.497 e. The van der Waals surface area contributed by atoms with E-state index in [0.29, 0.717) is 27.7 Å². The van der Waals surface area contributed by atoms with Crippen LogP contribution in [0.25, 0.3) is 22.6 Å². The van der Waals surface area contributed by atoms with Crippen molar-refractivity contribution in [2.75, 3.05) is 12.4 Å². The summed E-state index contributed by atoms with van der Waals surface area (Å²) in [5, 5.41) is 3.44. The Morgan fingerprint density at radius 2 is 1.78 bits per heavy atom. The number of rotatable bonds is 4. The van der Waals surface area contributed by atoms with Crippen molar-refractivity contribution < 1.29 is 13.9 Å². The third kappa shape index (κ3) is 3.64. The van der Waals surface area contributed by atoms with Gasteiger partial charge in [-0.15, -0.1) is 0 Å². The third-order valence-electron chi connectivity index (χ3n) is 4.09. The summed E-state index contributed by atoms with van der Waals surface area (Å²) in [7, 11) is 1.61. The predicted molar refractivity (Wildman–Crippen MR) is 105 cm³/mol. The standard InChI is InChI=1S/C21H15ClN2O3/c1-26-17-10-11-19-18(12-17)24-21(27-19)14-4-8-16(9-5-14)23-20(25)13-2-6-15(22)7-3-13/h2-12H,1H3,(H,23,25). The molecule has 0 aliphatic rings. The molecule has 0 atom stereocenters. The van der Waals surface area contributed by atoms with E-state index in [1.54, 1.807) is 43.5 Å². The lowest BCUT2D eigenvalue weighted by Gasteiger charge is -2.06. The van der Waals surface area contributed by atoms with Crippen molar-refractivity contribution in [2.24, 2.45) is 0 Å². The van der Waals surface area contributed by atoms with Crippen molar-refractivity contribution >= 4 is 34.3 Å². The van der Waals surface area contributed by atoms with E-state index >= 15 is 0 Å². The molecule has 0 fully saturated rings. The second-order valence-electron chi connectivity index (χ2n) is 5.89. The highest BCUT2D eigenvalue weighted by Crippen LogP contribution is 2.27. The fraction of sp³-hybridized carbons (Fsp3) is 0.0476. The van der Waals surface area contributed by atoms with Gasteiger partial charge < -0.3 is 14.5 Å². The molecule has 0 bridgehead atoms. The van der Waals surface area contributed by atoms with Crippen LogP contribution in [0.4, 0.5) is 5.69 Å². The molecule has 0 aliphatic heterocycles. The average Bonchev–Trinajstić information content (AvgIpc) is 3.12. The summed E-state index contributed by atoms with van der Waals surface area (Å²) in [5.74, 6) is 1.03. The molecule has 1 amide bonds. The van der Waals surface area contributed by atoms with Crippen LogP contribution in [-0.4, -0.2) is 18.0 Å². The lowest BCUT2D eigenvalue weighted by atomic mass is 10.2. The maximum absolute atomic E-state index is 12.3. The van der Waals surface area contributed by atoms with E-state index in [1.165, 1.54) is 0 Å². The lowest BCUT2D eigenvalue weighted by Crippen LogP contribution is -2.11. The van der Waals surface area contributed by atoms with Crippen LogP contribution in [0.3, 0.4) is 0 Å². The van der Waals surface area contributed by atoms with Crippen molar-refractivity contribution in [2.45, 2.75) is 0 Å². The molecular formula is C21H15ClN2O3. The number of nitrogens with zero attached hydrogens (tertiary/aromatic N) is 1. The van der Waals surface area contributed by atoms with Gasteiger partial charge in [-0.3, -0.25) is 4.79 Å². The number of nitrogens with one attached hydrogen (secondary N) is 1.